The SMILES string of the molecule is Cc1cc(C)cc(CS(=O)(=O)CCc2ccc(N)cc2)c1. The summed E-state index contributed by atoms with van der Waals surface area (Å²) in [5, 5.41) is 0. The summed E-state index contributed by atoms with van der Waals surface area (Å²) in [5.41, 5.74) is 10.4. The van der Waals surface area contributed by atoms with Crippen LogP contribution in [0.3, 0.4) is 0 Å². The fourth-order valence-corrected chi connectivity index (χ4v) is 3.80. The zero-order chi connectivity index (χ0) is 15.5. The lowest BCUT2D eigenvalue weighted by Crippen LogP contribution is -2.11. The molecular formula is C17H21NO2S. The Morgan fingerprint density at radius 2 is 1.48 bits per heavy atom. The van der Waals surface area contributed by atoms with E-state index in [4.69, 9.17) is 5.73 Å². The van der Waals surface area contributed by atoms with Crippen LogP contribution in [0.15, 0.2) is 42.5 Å². The summed E-state index contributed by atoms with van der Waals surface area (Å²) < 4.78 is 24.5. The van der Waals surface area contributed by atoms with Crippen LogP contribution >= 0.6 is 0 Å². The van der Waals surface area contributed by atoms with Crippen molar-refractivity contribution in [2.45, 2.75) is 26.0 Å². The van der Waals surface area contributed by atoms with Crippen molar-refractivity contribution in [3.63, 3.8) is 0 Å². The van der Waals surface area contributed by atoms with Crippen LogP contribution in [0.1, 0.15) is 22.3 Å². The molecular weight excluding hydrogens is 282 g/mol. The molecule has 0 fully saturated rings. The summed E-state index contributed by atoms with van der Waals surface area (Å²) >= 11 is 0. The number of nitrogen functional groups attached to an aromatic ring is 1. The molecule has 112 valence electrons. The van der Waals surface area contributed by atoms with Crippen LogP contribution in [0.25, 0.3) is 0 Å². The highest BCUT2D eigenvalue weighted by Gasteiger charge is 2.13. The zero-order valence-corrected chi connectivity index (χ0v) is 13.3. The monoisotopic (exact) mass is 303 g/mol. The Morgan fingerprint density at radius 3 is 2.05 bits per heavy atom. The number of nitrogens with two attached hydrogens (primary N) is 1. The molecule has 4 heteroatoms. The van der Waals surface area contributed by atoms with Crippen molar-refractivity contribution in [1.82, 2.24) is 0 Å². The highest BCUT2D eigenvalue weighted by molar-refractivity contribution is 7.90. The standard InChI is InChI=1S/C17H21NO2S/c1-13-9-14(2)11-16(10-13)12-21(19,20)8-7-15-3-5-17(18)6-4-15/h3-6,9-11H,7-8,12,18H2,1-2H3. The quantitative estimate of drug-likeness (QED) is 0.864. The smallest absolute Gasteiger partial charge is 0.154 e. The Kier molecular flexibility index (Phi) is 4.68. The van der Waals surface area contributed by atoms with Crippen LogP contribution in [0.5, 0.6) is 0 Å². The van der Waals surface area contributed by atoms with E-state index in [0.29, 0.717) is 12.1 Å². The van der Waals surface area contributed by atoms with E-state index in [2.05, 4.69) is 0 Å². The van der Waals surface area contributed by atoms with E-state index in [-0.39, 0.29) is 11.5 Å². The Hall–Kier alpha value is -1.81. The third-order valence-corrected chi connectivity index (χ3v) is 4.95. The summed E-state index contributed by atoms with van der Waals surface area (Å²) in [7, 11) is -3.11. The first-order chi connectivity index (χ1) is 9.84. The largest absolute Gasteiger partial charge is 0.399 e. The molecule has 21 heavy (non-hydrogen) atoms. The molecule has 0 radical (unpaired) electrons. The first-order valence-electron chi connectivity index (χ1n) is 6.96. The fourth-order valence-electron chi connectivity index (χ4n) is 2.44. The van der Waals surface area contributed by atoms with Gasteiger partial charge in [0.05, 0.1) is 11.5 Å². The van der Waals surface area contributed by atoms with Gasteiger partial charge in [-0.1, -0.05) is 41.5 Å². The molecule has 0 heterocycles. The van der Waals surface area contributed by atoms with Crippen molar-refractivity contribution in [1.29, 1.82) is 0 Å². The highest BCUT2D eigenvalue weighted by atomic mass is 32.2. The van der Waals surface area contributed by atoms with Gasteiger partial charge in [-0.3, -0.25) is 0 Å². The molecule has 2 rings (SSSR count). The number of hydrogen-bond acceptors (Lipinski definition) is 3. The lowest BCUT2D eigenvalue weighted by molar-refractivity contribution is 0.594. The molecule has 0 bridgehead atoms. The number of anilines is 1. The summed E-state index contributed by atoms with van der Waals surface area (Å²) in [6.07, 6.45) is 0.521. The zero-order valence-electron chi connectivity index (χ0n) is 12.5. The first-order valence-corrected chi connectivity index (χ1v) is 8.78. The van der Waals surface area contributed by atoms with E-state index >= 15 is 0 Å². The van der Waals surface area contributed by atoms with Gasteiger partial charge in [0.1, 0.15) is 0 Å². The van der Waals surface area contributed by atoms with Crippen molar-refractivity contribution in [2.24, 2.45) is 0 Å². The second-order valence-electron chi connectivity index (χ2n) is 5.58. The van der Waals surface area contributed by atoms with Gasteiger partial charge >= 0.3 is 0 Å². The highest BCUT2D eigenvalue weighted by Crippen LogP contribution is 2.14. The Bertz CT molecular complexity index is 699. The van der Waals surface area contributed by atoms with Gasteiger partial charge in [-0.25, -0.2) is 8.42 Å². The maximum Gasteiger partial charge on any atom is 0.154 e. The van der Waals surface area contributed by atoms with E-state index in [0.717, 1.165) is 22.3 Å². The topological polar surface area (TPSA) is 60.2 Å². The van der Waals surface area contributed by atoms with Crippen LogP contribution in [-0.4, -0.2) is 14.2 Å². The van der Waals surface area contributed by atoms with Gasteiger partial charge < -0.3 is 5.73 Å². The van der Waals surface area contributed by atoms with E-state index in [9.17, 15) is 8.42 Å². The number of benzene rings is 2. The maximum absolute atomic E-state index is 12.2. The van der Waals surface area contributed by atoms with Crippen molar-refractivity contribution in [2.75, 3.05) is 11.5 Å². The minimum atomic E-state index is -3.11. The Labute approximate surface area is 126 Å². The summed E-state index contributed by atoms with van der Waals surface area (Å²) in [4.78, 5) is 0. The van der Waals surface area contributed by atoms with Gasteiger partial charge in [-0.05, 0) is 43.5 Å². The lowest BCUT2D eigenvalue weighted by atomic mass is 10.1. The predicted octanol–water partition coefficient (Wildman–Crippen LogP) is 3.04. The number of aryl methyl sites for hydroxylation is 3. The van der Waals surface area contributed by atoms with Crippen molar-refractivity contribution in [3.8, 4) is 0 Å². The summed E-state index contributed by atoms with van der Waals surface area (Å²) in [5.74, 6) is 0.258. The van der Waals surface area contributed by atoms with E-state index < -0.39 is 9.84 Å². The van der Waals surface area contributed by atoms with E-state index in [1.807, 2.05) is 44.2 Å². The maximum atomic E-state index is 12.2. The summed E-state index contributed by atoms with van der Waals surface area (Å²) in [6, 6.07) is 13.3. The van der Waals surface area contributed by atoms with E-state index in [1.165, 1.54) is 0 Å². The molecule has 0 saturated carbocycles. The fraction of sp³-hybridized carbons (Fsp3) is 0.294. The van der Waals surface area contributed by atoms with Crippen LogP contribution < -0.4 is 5.73 Å². The molecule has 2 aromatic carbocycles. The second-order valence-corrected chi connectivity index (χ2v) is 7.76. The molecule has 0 saturated heterocycles. The third kappa shape index (κ3) is 4.90. The third-order valence-electron chi connectivity index (χ3n) is 3.35. The molecule has 2 N–H and O–H groups in total. The Balaban J connectivity index is 2.03. The minimum Gasteiger partial charge on any atom is -0.399 e. The molecule has 0 aliphatic carbocycles. The van der Waals surface area contributed by atoms with E-state index in [1.54, 1.807) is 12.1 Å². The normalized spacial score (nSPS) is 11.5. The van der Waals surface area contributed by atoms with Crippen LogP contribution in [-0.2, 0) is 22.0 Å². The average molecular weight is 303 g/mol. The lowest BCUT2D eigenvalue weighted by Gasteiger charge is -2.07. The number of hydrogen-bond donors (Lipinski definition) is 1. The van der Waals surface area contributed by atoms with Crippen LogP contribution in [0, 0.1) is 13.8 Å². The molecule has 0 aliphatic rings. The van der Waals surface area contributed by atoms with Gasteiger partial charge in [-0.15, -0.1) is 0 Å². The molecule has 2 aromatic rings. The van der Waals surface area contributed by atoms with Crippen LogP contribution in [0.2, 0.25) is 0 Å². The first kappa shape index (κ1) is 15.6. The van der Waals surface area contributed by atoms with Gasteiger partial charge in [0.15, 0.2) is 9.84 Å². The molecule has 0 amide bonds. The van der Waals surface area contributed by atoms with Gasteiger partial charge in [-0.2, -0.15) is 0 Å². The van der Waals surface area contributed by atoms with Crippen LogP contribution in [0.4, 0.5) is 5.69 Å². The minimum absolute atomic E-state index is 0.102. The Morgan fingerprint density at radius 1 is 0.905 bits per heavy atom. The second kappa shape index (κ2) is 6.31. The molecule has 0 spiro atoms. The average Bonchev–Trinajstić information content (AvgIpc) is 2.36. The van der Waals surface area contributed by atoms with Gasteiger partial charge in [0.25, 0.3) is 0 Å². The predicted molar refractivity (Wildman–Crippen MR) is 88.0 cm³/mol. The molecule has 0 unspecified atom stereocenters. The van der Waals surface area contributed by atoms with Crippen molar-refractivity contribution >= 4 is 15.5 Å². The van der Waals surface area contributed by atoms with Gasteiger partial charge in [0, 0.05) is 5.69 Å². The van der Waals surface area contributed by atoms with Gasteiger partial charge in [0.2, 0.25) is 0 Å². The molecule has 0 aliphatic heterocycles. The number of sulfone groups is 1. The van der Waals surface area contributed by atoms with Crippen molar-refractivity contribution < 1.29 is 8.42 Å². The molecule has 0 atom stereocenters. The number of rotatable bonds is 5. The molecule has 3 nitrogen and oxygen atoms in total. The summed E-state index contributed by atoms with van der Waals surface area (Å²) in [6.45, 7) is 3.97. The molecule has 0 aromatic heterocycles. The van der Waals surface area contributed by atoms with Crippen molar-refractivity contribution in [3.05, 3.63) is 64.7 Å².